The highest BCUT2D eigenvalue weighted by molar-refractivity contribution is 6.01. The van der Waals surface area contributed by atoms with E-state index in [2.05, 4.69) is 96.6 Å². The molecule has 9 nitrogen and oxygen atoms in total. The summed E-state index contributed by atoms with van der Waals surface area (Å²) >= 11 is 0. The molecule has 328 valence electrons. The molecule has 0 unspecified atom stereocenters. The van der Waals surface area contributed by atoms with Gasteiger partial charge >= 0.3 is 17.9 Å². The van der Waals surface area contributed by atoms with Gasteiger partial charge in [0.15, 0.2) is 5.78 Å². The fourth-order valence-electron chi connectivity index (χ4n) is 14.1. The number of benzene rings is 1. The van der Waals surface area contributed by atoms with Crippen molar-refractivity contribution in [2.45, 2.75) is 152 Å². The Morgan fingerprint density at radius 1 is 0.881 bits per heavy atom. The van der Waals surface area contributed by atoms with Crippen molar-refractivity contribution < 1.29 is 33.8 Å². The van der Waals surface area contributed by atoms with Gasteiger partial charge in [-0.3, -0.25) is 24.1 Å². The van der Waals surface area contributed by atoms with Gasteiger partial charge in [0.2, 0.25) is 0 Å². The zero-order valence-electron chi connectivity index (χ0n) is 38.5. The van der Waals surface area contributed by atoms with Crippen LogP contribution in [0, 0.1) is 56.2 Å². The number of aliphatic carboxylic acids is 1. The van der Waals surface area contributed by atoms with Gasteiger partial charge in [-0.05, 0) is 136 Å². The van der Waals surface area contributed by atoms with Gasteiger partial charge in [0.1, 0.15) is 12.2 Å². The predicted octanol–water partition coefficient (Wildman–Crippen LogP) is 9.38. The first kappa shape index (κ1) is 45.5. The van der Waals surface area contributed by atoms with Crippen molar-refractivity contribution in [3.05, 3.63) is 47.0 Å². The maximum Gasteiger partial charge on any atom is 0.309 e. The van der Waals surface area contributed by atoms with Gasteiger partial charge in [-0.15, -0.1) is 0 Å². The van der Waals surface area contributed by atoms with Crippen LogP contribution in [0.15, 0.2) is 41.5 Å². The monoisotopic (exact) mass is 817 g/mol. The van der Waals surface area contributed by atoms with Gasteiger partial charge in [0.25, 0.3) is 0 Å². The fourth-order valence-corrected chi connectivity index (χ4v) is 14.1. The summed E-state index contributed by atoms with van der Waals surface area (Å²) in [4.78, 5) is 57.4. The van der Waals surface area contributed by atoms with E-state index in [1.54, 1.807) is 13.8 Å². The lowest BCUT2D eigenvalue weighted by atomic mass is 9.33. The van der Waals surface area contributed by atoms with Gasteiger partial charge in [-0.1, -0.05) is 78.8 Å². The van der Waals surface area contributed by atoms with Crippen LogP contribution in [0.25, 0.3) is 0 Å². The lowest BCUT2D eigenvalue weighted by Crippen LogP contribution is -2.66. The number of nitrogens with zero attached hydrogens (tertiary/aromatic N) is 2. The second-order valence-electron chi connectivity index (χ2n) is 22.2. The smallest absolute Gasteiger partial charge is 0.309 e. The van der Waals surface area contributed by atoms with Gasteiger partial charge in [0, 0.05) is 50.4 Å². The highest BCUT2D eigenvalue weighted by Gasteiger charge is 2.71. The second kappa shape index (κ2) is 16.3. The van der Waals surface area contributed by atoms with Crippen LogP contribution in [0.5, 0.6) is 0 Å². The molecule has 4 saturated carbocycles. The minimum absolute atomic E-state index is 0.0150. The number of carbonyl (C=O) groups is 4. The van der Waals surface area contributed by atoms with E-state index in [0.29, 0.717) is 24.8 Å². The standard InChI is InChI=1S/C50H76N2O7/c1-32(2)42-36(54)28-50(40(58-33(3)53)31-52(27-26-51(11)12)30-34-16-14-13-15-17-34)25-24-48(9)35(43(42)50)18-19-38-47(8)22-21-39(59-41(55)29-45(4,5)44(56)57)46(6,7)37(47)20-23-49(38,48)10/h13-17,32,35,37-40H,18-31H2,1-12H3,(H,56,57)/t35-,37+,38-,39+,40-,47+,48-,49-,50+/m1/s1. The third-order valence-electron chi connectivity index (χ3n) is 17.3. The Morgan fingerprint density at radius 3 is 2.17 bits per heavy atom. The minimum Gasteiger partial charge on any atom is -0.481 e. The van der Waals surface area contributed by atoms with Crippen molar-refractivity contribution in [2.75, 3.05) is 33.7 Å². The van der Waals surface area contributed by atoms with E-state index in [-0.39, 0.29) is 57.8 Å². The number of carbonyl (C=O) groups excluding carboxylic acids is 3. The Kier molecular flexibility index (Phi) is 12.6. The molecule has 0 saturated heterocycles. The number of ether oxygens (including phenoxy) is 2. The number of likely N-dealkylation sites (N-methyl/N-ethyl adjacent to an activating group) is 1. The molecule has 9 heteroatoms. The normalized spacial score (nSPS) is 34.5. The number of esters is 2. The second-order valence-corrected chi connectivity index (χ2v) is 22.2. The van der Waals surface area contributed by atoms with Gasteiger partial charge in [-0.2, -0.15) is 0 Å². The zero-order chi connectivity index (χ0) is 43.5. The average Bonchev–Trinajstić information content (AvgIpc) is 3.45. The SMILES string of the molecule is CC(=O)O[C@H](CN(CCN(C)C)Cc1ccccc1)[C@@]12CC[C@]3(C)[C@H](CC[C@@H]4[C@@]5(C)CC[C@H](OC(=O)CC(C)(C)C(=O)O)C(C)(C)[C@@H]5CC[C@]43C)C1=C(C(C)C)C(=O)C2. The number of carboxylic acids is 1. The van der Waals surface area contributed by atoms with E-state index in [4.69, 9.17) is 9.47 Å². The third kappa shape index (κ3) is 7.98. The number of hydrogen-bond acceptors (Lipinski definition) is 8. The number of hydrogen-bond donors (Lipinski definition) is 1. The molecule has 0 heterocycles. The van der Waals surface area contributed by atoms with Crippen LogP contribution in [-0.2, 0) is 35.2 Å². The molecule has 6 rings (SSSR count). The molecule has 1 aromatic rings. The van der Waals surface area contributed by atoms with Crippen molar-refractivity contribution >= 4 is 23.7 Å². The first-order valence-electron chi connectivity index (χ1n) is 22.7. The zero-order valence-corrected chi connectivity index (χ0v) is 38.5. The Balaban J connectivity index is 1.33. The van der Waals surface area contributed by atoms with Crippen LogP contribution in [0.1, 0.15) is 139 Å². The Bertz CT molecular complexity index is 1800. The van der Waals surface area contributed by atoms with Crippen molar-refractivity contribution in [3.8, 4) is 0 Å². The maximum atomic E-state index is 14.6. The summed E-state index contributed by atoms with van der Waals surface area (Å²) in [7, 11) is 4.18. The highest BCUT2D eigenvalue weighted by Crippen LogP contribution is 2.77. The van der Waals surface area contributed by atoms with Gasteiger partial charge < -0.3 is 19.5 Å². The molecule has 1 N–H and O–H groups in total. The first-order chi connectivity index (χ1) is 27.4. The summed E-state index contributed by atoms with van der Waals surface area (Å²) in [5.74, 6) is -0.368. The molecular formula is C50H76N2O7. The molecule has 0 aliphatic heterocycles. The number of fused-ring (bicyclic) bond motifs is 7. The summed E-state index contributed by atoms with van der Waals surface area (Å²) in [6.45, 7) is 24.2. The highest BCUT2D eigenvalue weighted by atomic mass is 16.5. The van der Waals surface area contributed by atoms with Crippen LogP contribution in [0.4, 0.5) is 0 Å². The van der Waals surface area contributed by atoms with E-state index < -0.39 is 28.9 Å². The summed E-state index contributed by atoms with van der Waals surface area (Å²) in [6.07, 6.45) is 7.26. The lowest BCUT2D eigenvalue weighted by molar-refractivity contribution is -0.235. The molecule has 0 spiro atoms. The summed E-state index contributed by atoms with van der Waals surface area (Å²) in [5.41, 5.74) is 1.54. The van der Waals surface area contributed by atoms with Crippen molar-refractivity contribution in [3.63, 3.8) is 0 Å². The lowest BCUT2D eigenvalue weighted by Gasteiger charge is -2.72. The molecule has 1 aromatic carbocycles. The average molecular weight is 817 g/mol. The van der Waals surface area contributed by atoms with Crippen LogP contribution in [-0.4, -0.2) is 84.5 Å². The van der Waals surface area contributed by atoms with E-state index in [1.165, 1.54) is 18.1 Å². The summed E-state index contributed by atoms with van der Waals surface area (Å²) in [5, 5.41) is 9.67. The van der Waals surface area contributed by atoms with Crippen molar-refractivity contribution in [1.29, 1.82) is 0 Å². The van der Waals surface area contributed by atoms with E-state index in [1.807, 2.05) is 6.07 Å². The molecule has 0 aromatic heterocycles. The molecule has 59 heavy (non-hydrogen) atoms. The largest absolute Gasteiger partial charge is 0.481 e. The quantitative estimate of drug-likeness (QED) is 0.184. The van der Waals surface area contributed by atoms with Crippen LogP contribution in [0.2, 0.25) is 0 Å². The molecule has 0 amide bonds. The molecule has 5 aliphatic carbocycles. The predicted molar refractivity (Wildman–Crippen MR) is 231 cm³/mol. The van der Waals surface area contributed by atoms with Crippen LogP contribution >= 0.6 is 0 Å². The van der Waals surface area contributed by atoms with Crippen molar-refractivity contribution in [2.24, 2.45) is 56.2 Å². The number of ketones is 1. The first-order valence-corrected chi connectivity index (χ1v) is 22.7. The van der Waals surface area contributed by atoms with E-state index in [0.717, 1.165) is 76.6 Å². The number of allylic oxidation sites excluding steroid dienone is 1. The molecule has 0 radical (unpaired) electrons. The van der Waals surface area contributed by atoms with Crippen LogP contribution < -0.4 is 0 Å². The molecular weight excluding hydrogens is 741 g/mol. The van der Waals surface area contributed by atoms with Gasteiger partial charge in [0.05, 0.1) is 11.8 Å². The molecule has 5 aliphatic rings. The third-order valence-corrected chi connectivity index (χ3v) is 17.3. The maximum absolute atomic E-state index is 14.6. The Morgan fingerprint density at radius 2 is 1.56 bits per heavy atom. The molecule has 0 bridgehead atoms. The Labute approximate surface area is 355 Å². The molecule has 4 fully saturated rings. The van der Waals surface area contributed by atoms with E-state index in [9.17, 15) is 24.3 Å². The summed E-state index contributed by atoms with van der Waals surface area (Å²) < 4.78 is 12.7. The number of rotatable bonds is 14. The number of Topliss-reactive ketones (excluding diaryl/α,β-unsaturated/α-hetero) is 1. The van der Waals surface area contributed by atoms with Crippen molar-refractivity contribution in [1.82, 2.24) is 9.80 Å². The number of carboxylic acid groups (broad SMARTS) is 1. The van der Waals surface area contributed by atoms with E-state index >= 15 is 0 Å². The topological polar surface area (TPSA) is 113 Å². The van der Waals surface area contributed by atoms with Gasteiger partial charge in [-0.25, -0.2) is 0 Å². The fraction of sp³-hybridized carbons (Fsp3) is 0.760. The van der Waals surface area contributed by atoms with Crippen LogP contribution in [0.3, 0.4) is 0 Å². The summed E-state index contributed by atoms with van der Waals surface area (Å²) in [6, 6.07) is 10.5. The molecule has 9 atom stereocenters. The Hall–Kier alpha value is -3.04. The minimum atomic E-state index is -1.18.